The van der Waals surface area contributed by atoms with E-state index in [-0.39, 0.29) is 18.1 Å². The van der Waals surface area contributed by atoms with Gasteiger partial charge in [0.1, 0.15) is 23.8 Å². The van der Waals surface area contributed by atoms with Crippen LogP contribution in [-0.4, -0.2) is 21.4 Å². The van der Waals surface area contributed by atoms with Crippen LogP contribution in [0.1, 0.15) is 24.6 Å². The van der Waals surface area contributed by atoms with Gasteiger partial charge < -0.3 is 14.8 Å². The Morgan fingerprint density at radius 2 is 1.82 bits per heavy atom. The number of pyridine rings is 1. The third-order valence-corrected chi connectivity index (χ3v) is 5.14. The molecule has 0 saturated carbocycles. The summed E-state index contributed by atoms with van der Waals surface area (Å²) < 4.78 is 13.3. The van der Waals surface area contributed by atoms with E-state index in [0.717, 1.165) is 5.56 Å². The van der Waals surface area contributed by atoms with Gasteiger partial charge in [-0.3, -0.25) is 14.0 Å². The number of benzene rings is 2. The number of carbonyl (C=O) groups is 1. The van der Waals surface area contributed by atoms with Crippen molar-refractivity contribution < 1.29 is 14.3 Å². The van der Waals surface area contributed by atoms with Gasteiger partial charge in [0.15, 0.2) is 6.10 Å². The number of ether oxygens (including phenoxy) is 2. The molecule has 0 unspecified atom stereocenters. The fraction of sp³-hybridized carbons (Fsp3) is 0.192. The number of nitrogens with one attached hydrogen (secondary N) is 1. The summed E-state index contributed by atoms with van der Waals surface area (Å²) in [4.78, 5) is 29.8. The van der Waals surface area contributed by atoms with Gasteiger partial charge in [0, 0.05) is 12.3 Å². The summed E-state index contributed by atoms with van der Waals surface area (Å²) in [5.41, 5.74) is 2.34. The molecule has 0 bridgehead atoms. The number of aryl methyl sites for hydroxylation is 1. The summed E-state index contributed by atoms with van der Waals surface area (Å²) in [5, 5.41) is 2.89. The van der Waals surface area contributed by atoms with Crippen LogP contribution in [0.2, 0.25) is 0 Å². The molecule has 0 saturated heterocycles. The summed E-state index contributed by atoms with van der Waals surface area (Å²) in [6, 6.07) is 21.5. The molecule has 2 aromatic carbocycles. The van der Waals surface area contributed by atoms with Crippen molar-refractivity contribution in [2.45, 2.75) is 33.0 Å². The molecule has 2 aromatic heterocycles. The van der Waals surface area contributed by atoms with Crippen molar-refractivity contribution in [1.82, 2.24) is 9.38 Å². The summed E-state index contributed by atoms with van der Waals surface area (Å²) in [6.07, 6.45) is 1.55. The highest BCUT2D eigenvalue weighted by atomic mass is 16.5. The van der Waals surface area contributed by atoms with Crippen LogP contribution < -0.4 is 20.3 Å². The average Bonchev–Trinajstić information content (AvgIpc) is 2.83. The lowest BCUT2D eigenvalue weighted by Gasteiger charge is -2.18. The van der Waals surface area contributed by atoms with Gasteiger partial charge in [0.05, 0.1) is 11.4 Å². The lowest BCUT2D eigenvalue weighted by Crippen LogP contribution is -2.32. The van der Waals surface area contributed by atoms with Gasteiger partial charge in [-0.25, -0.2) is 4.98 Å². The second kappa shape index (κ2) is 9.99. The van der Waals surface area contributed by atoms with E-state index in [9.17, 15) is 9.59 Å². The highest BCUT2D eigenvalue weighted by Gasteiger charge is 2.20. The number of rotatable bonds is 8. The van der Waals surface area contributed by atoms with Gasteiger partial charge in [0.25, 0.3) is 11.5 Å². The molecule has 2 heterocycles. The van der Waals surface area contributed by atoms with Crippen molar-refractivity contribution in [3.63, 3.8) is 0 Å². The number of para-hydroxylation sites is 3. The summed E-state index contributed by atoms with van der Waals surface area (Å²) in [6.45, 7) is 3.88. The Morgan fingerprint density at radius 1 is 1.06 bits per heavy atom. The summed E-state index contributed by atoms with van der Waals surface area (Å²) in [7, 11) is 0. The van der Waals surface area contributed by atoms with Crippen LogP contribution in [-0.2, 0) is 11.4 Å². The molecule has 4 aromatic rings. The second-order valence-corrected chi connectivity index (χ2v) is 7.57. The lowest BCUT2D eigenvalue weighted by atomic mass is 10.2. The smallest absolute Gasteiger partial charge is 0.265 e. The van der Waals surface area contributed by atoms with Crippen molar-refractivity contribution >= 4 is 17.2 Å². The maximum Gasteiger partial charge on any atom is 0.265 e. The number of amides is 1. The van der Waals surface area contributed by atoms with Gasteiger partial charge in [-0.1, -0.05) is 43.3 Å². The zero-order valence-electron chi connectivity index (χ0n) is 18.5. The van der Waals surface area contributed by atoms with Crippen molar-refractivity contribution in [1.29, 1.82) is 0 Å². The Bertz CT molecular complexity index is 1320. The maximum atomic E-state index is 12.9. The fourth-order valence-electron chi connectivity index (χ4n) is 3.43. The van der Waals surface area contributed by atoms with Gasteiger partial charge >= 0.3 is 0 Å². The molecule has 7 heteroatoms. The fourth-order valence-corrected chi connectivity index (χ4v) is 3.43. The van der Waals surface area contributed by atoms with E-state index in [1.165, 1.54) is 10.5 Å². The first kappa shape index (κ1) is 22.1. The Balaban J connectivity index is 1.49. The molecule has 0 fully saturated rings. The molecule has 33 heavy (non-hydrogen) atoms. The van der Waals surface area contributed by atoms with Crippen LogP contribution in [0.3, 0.4) is 0 Å². The molecule has 0 aliphatic carbocycles. The Kier molecular flexibility index (Phi) is 6.69. The highest BCUT2D eigenvalue weighted by molar-refractivity contribution is 5.95. The molecule has 1 amide bonds. The number of hydrogen-bond donors (Lipinski definition) is 1. The number of hydrogen-bond acceptors (Lipinski definition) is 5. The second-order valence-electron chi connectivity index (χ2n) is 7.57. The minimum absolute atomic E-state index is 0.0880. The third kappa shape index (κ3) is 5.20. The van der Waals surface area contributed by atoms with E-state index in [0.29, 0.717) is 34.9 Å². The van der Waals surface area contributed by atoms with Gasteiger partial charge in [-0.05, 0) is 49.2 Å². The minimum Gasteiger partial charge on any atom is -0.485 e. The molecule has 0 spiro atoms. The van der Waals surface area contributed by atoms with Gasteiger partial charge in [0.2, 0.25) is 0 Å². The quantitative estimate of drug-likeness (QED) is 0.437. The Hall–Kier alpha value is -4.13. The molecule has 1 N–H and O–H groups in total. The van der Waals surface area contributed by atoms with Crippen LogP contribution in [0.15, 0.2) is 83.8 Å². The van der Waals surface area contributed by atoms with E-state index < -0.39 is 6.10 Å². The highest BCUT2D eigenvalue weighted by Crippen LogP contribution is 2.25. The van der Waals surface area contributed by atoms with Crippen molar-refractivity contribution in [2.75, 3.05) is 5.32 Å². The first-order chi connectivity index (χ1) is 16.0. The number of aromatic nitrogens is 2. The van der Waals surface area contributed by atoms with Gasteiger partial charge in [-0.2, -0.15) is 0 Å². The summed E-state index contributed by atoms with van der Waals surface area (Å²) in [5.74, 6) is 0.843. The van der Waals surface area contributed by atoms with Crippen LogP contribution >= 0.6 is 0 Å². The monoisotopic (exact) mass is 443 g/mol. The molecule has 168 valence electrons. The molecular weight excluding hydrogens is 418 g/mol. The number of carbonyl (C=O) groups excluding carboxylic acids is 1. The maximum absolute atomic E-state index is 12.9. The van der Waals surface area contributed by atoms with Crippen molar-refractivity contribution in [2.24, 2.45) is 0 Å². The first-order valence-corrected chi connectivity index (χ1v) is 10.8. The topological polar surface area (TPSA) is 81.9 Å². The standard InChI is InChI=1S/C26H25N3O4/c1-3-22(33-20-11-5-4-6-12-20)26(31)28-21-13-7-8-14-23(21)32-17-19-16-24(30)29-15-9-10-18(2)25(29)27-19/h4-16,22H,3,17H2,1-2H3,(H,28,31)/t22-/m0/s1. The SMILES string of the molecule is CC[C@H](Oc1ccccc1)C(=O)Nc1ccccc1OCc1cc(=O)n2cccc(C)c2n1. The molecule has 7 nitrogen and oxygen atoms in total. The number of anilines is 1. The van der Waals surface area contributed by atoms with Gasteiger partial charge in [-0.15, -0.1) is 0 Å². The minimum atomic E-state index is -0.648. The third-order valence-electron chi connectivity index (χ3n) is 5.14. The molecular formula is C26H25N3O4. The van der Waals surface area contributed by atoms with Crippen molar-refractivity contribution in [3.05, 3.63) is 101 Å². The number of fused-ring (bicyclic) bond motifs is 1. The summed E-state index contributed by atoms with van der Waals surface area (Å²) >= 11 is 0. The molecule has 0 aliphatic heterocycles. The predicted octanol–water partition coefficient (Wildman–Crippen LogP) is 4.38. The predicted molar refractivity (Wildman–Crippen MR) is 127 cm³/mol. The van der Waals surface area contributed by atoms with Crippen molar-refractivity contribution in [3.8, 4) is 11.5 Å². The zero-order chi connectivity index (χ0) is 23.2. The van der Waals surface area contributed by atoms with Crippen LogP contribution in [0.4, 0.5) is 5.69 Å². The Labute approximate surface area is 191 Å². The normalized spacial score (nSPS) is 11.7. The number of nitrogens with zero attached hydrogens (tertiary/aromatic N) is 2. The van der Waals surface area contributed by atoms with Crippen LogP contribution in [0, 0.1) is 6.92 Å². The van der Waals surface area contributed by atoms with E-state index in [1.807, 2.05) is 68.4 Å². The lowest BCUT2D eigenvalue weighted by molar-refractivity contribution is -0.122. The molecule has 0 radical (unpaired) electrons. The van der Waals surface area contributed by atoms with E-state index >= 15 is 0 Å². The molecule has 4 rings (SSSR count). The van der Waals surface area contributed by atoms with Crippen LogP contribution in [0.5, 0.6) is 11.5 Å². The van der Waals surface area contributed by atoms with E-state index in [4.69, 9.17) is 9.47 Å². The molecule has 1 atom stereocenters. The van der Waals surface area contributed by atoms with Crippen LogP contribution in [0.25, 0.3) is 5.65 Å². The van der Waals surface area contributed by atoms with E-state index in [1.54, 1.807) is 18.3 Å². The van der Waals surface area contributed by atoms with E-state index in [2.05, 4.69) is 10.3 Å². The molecule has 0 aliphatic rings. The first-order valence-electron chi connectivity index (χ1n) is 10.8. The average molecular weight is 444 g/mol. The zero-order valence-corrected chi connectivity index (χ0v) is 18.5. The largest absolute Gasteiger partial charge is 0.485 e. The Morgan fingerprint density at radius 3 is 2.61 bits per heavy atom.